The summed E-state index contributed by atoms with van der Waals surface area (Å²) in [6.07, 6.45) is 0. The van der Waals surface area contributed by atoms with E-state index in [4.69, 9.17) is 9.97 Å². The number of hydrogen-bond donors (Lipinski definition) is 0. The molecule has 0 amide bonds. The van der Waals surface area contributed by atoms with Crippen molar-refractivity contribution < 1.29 is 0 Å². The van der Waals surface area contributed by atoms with Crippen molar-refractivity contribution in [1.29, 1.82) is 0 Å². The summed E-state index contributed by atoms with van der Waals surface area (Å²) in [5.74, 6) is 0.790. The molecule has 0 atom stereocenters. The van der Waals surface area contributed by atoms with Gasteiger partial charge in [0.15, 0.2) is 5.82 Å². The fourth-order valence-electron chi connectivity index (χ4n) is 8.89. The number of rotatable bonds is 4. The number of hydrogen-bond acceptors (Lipinski definition) is 2. The predicted octanol–water partition coefficient (Wildman–Crippen LogP) is 10.8. The lowest BCUT2D eigenvalue weighted by atomic mass is 10.00. The molecular weight excluding hydrogens is 661 g/mol. The average Bonchev–Trinajstić information content (AvgIpc) is 3.81. The van der Waals surface area contributed by atoms with Gasteiger partial charge in [0, 0.05) is 54.9 Å². The number of para-hydroxylation sites is 3. The summed E-state index contributed by atoms with van der Waals surface area (Å²) in [4.78, 5) is 10.6. The normalized spacial score (nSPS) is 13.2. The van der Waals surface area contributed by atoms with E-state index in [1.165, 1.54) is 65.2 Å². The Labute approximate surface area is 308 Å². The average molecular weight is 695 g/mol. The first kappa shape index (κ1) is 30.1. The molecule has 3 aromatic heterocycles. The van der Waals surface area contributed by atoms with Gasteiger partial charge in [0.05, 0.1) is 27.8 Å². The van der Waals surface area contributed by atoms with E-state index in [0.717, 1.165) is 34.0 Å². The van der Waals surface area contributed by atoms with Crippen molar-refractivity contribution in [2.45, 2.75) is 13.1 Å². The molecule has 0 radical (unpaired) electrons. The highest BCUT2D eigenvalue weighted by Gasteiger charge is 2.41. The first-order valence-corrected chi connectivity index (χ1v) is 21.3. The van der Waals surface area contributed by atoms with Crippen LogP contribution in [-0.4, -0.2) is 27.2 Å². The highest BCUT2D eigenvalue weighted by Crippen LogP contribution is 2.43. The minimum absolute atomic E-state index is 0.790. The SMILES string of the molecule is C[Si]1(C)c2ccccc2-c2c(-c3ccc(-n4c5ccccc5c5c6c7ccccc7n(-c7ccccc7)c6ccc54)cc3)nc(-c3ccccc3)nc21. The van der Waals surface area contributed by atoms with Crippen LogP contribution in [0, 0.1) is 0 Å². The van der Waals surface area contributed by atoms with Gasteiger partial charge >= 0.3 is 0 Å². The molecule has 53 heavy (non-hydrogen) atoms. The Morgan fingerprint density at radius 3 is 1.60 bits per heavy atom. The minimum Gasteiger partial charge on any atom is -0.309 e. The molecule has 11 rings (SSSR count). The maximum Gasteiger partial charge on any atom is 0.159 e. The Hall–Kier alpha value is -6.56. The van der Waals surface area contributed by atoms with Crippen LogP contribution in [0.15, 0.2) is 170 Å². The molecule has 1 aliphatic rings. The lowest BCUT2D eigenvalue weighted by molar-refractivity contribution is 1.17. The smallest absolute Gasteiger partial charge is 0.159 e. The first-order valence-electron chi connectivity index (χ1n) is 18.3. The monoisotopic (exact) mass is 694 g/mol. The first-order chi connectivity index (χ1) is 26.1. The Morgan fingerprint density at radius 1 is 0.434 bits per heavy atom. The van der Waals surface area contributed by atoms with E-state index in [1.807, 2.05) is 6.07 Å². The third-order valence-corrected chi connectivity index (χ3v) is 14.6. The number of aromatic nitrogens is 4. The summed E-state index contributed by atoms with van der Waals surface area (Å²) in [5, 5.41) is 7.71. The highest BCUT2D eigenvalue weighted by atomic mass is 28.3. The molecule has 250 valence electrons. The van der Waals surface area contributed by atoms with Gasteiger partial charge in [0.2, 0.25) is 0 Å². The van der Waals surface area contributed by atoms with Gasteiger partial charge in [-0.25, -0.2) is 9.97 Å². The van der Waals surface area contributed by atoms with E-state index in [0.29, 0.717) is 0 Å². The van der Waals surface area contributed by atoms with E-state index in [9.17, 15) is 0 Å². The van der Waals surface area contributed by atoms with E-state index in [1.54, 1.807) is 0 Å². The number of nitrogens with zero attached hydrogens (tertiary/aromatic N) is 4. The largest absolute Gasteiger partial charge is 0.309 e. The highest BCUT2D eigenvalue weighted by molar-refractivity contribution is 7.03. The van der Waals surface area contributed by atoms with Gasteiger partial charge in [0.25, 0.3) is 0 Å². The van der Waals surface area contributed by atoms with Gasteiger partial charge in [-0.2, -0.15) is 0 Å². The van der Waals surface area contributed by atoms with Crippen LogP contribution < -0.4 is 10.5 Å². The van der Waals surface area contributed by atoms with Gasteiger partial charge in [-0.3, -0.25) is 0 Å². The van der Waals surface area contributed by atoms with Crippen molar-refractivity contribution in [2.75, 3.05) is 0 Å². The third kappa shape index (κ3) is 4.29. The van der Waals surface area contributed by atoms with Crippen LogP contribution in [0.1, 0.15) is 0 Å². The summed E-state index contributed by atoms with van der Waals surface area (Å²) < 4.78 is 4.82. The minimum atomic E-state index is -2.04. The number of fused-ring (bicyclic) bond motifs is 10. The van der Waals surface area contributed by atoms with Crippen molar-refractivity contribution in [1.82, 2.24) is 19.1 Å². The van der Waals surface area contributed by atoms with Crippen LogP contribution in [-0.2, 0) is 0 Å². The summed E-state index contributed by atoms with van der Waals surface area (Å²) >= 11 is 0. The third-order valence-electron chi connectivity index (χ3n) is 11.3. The zero-order valence-corrected chi connectivity index (χ0v) is 30.5. The van der Waals surface area contributed by atoms with Crippen LogP contribution in [0.5, 0.6) is 0 Å². The van der Waals surface area contributed by atoms with E-state index in [-0.39, 0.29) is 0 Å². The van der Waals surface area contributed by atoms with Crippen molar-refractivity contribution in [3.8, 4) is 45.1 Å². The second-order valence-corrected chi connectivity index (χ2v) is 18.9. The Bertz CT molecular complexity index is 3070. The molecule has 0 unspecified atom stereocenters. The molecule has 0 N–H and O–H groups in total. The van der Waals surface area contributed by atoms with Gasteiger partial charge in [0.1, 0.15) is 8.07 Å². The molecule has 0 bridgehead atoms. The Kier molecular flexibility index (Phi) is 6.37. The molecule has 4 nitrogen and oxygen atoms in total. The number of benzene rings is 7. The molecule has 0 saturated carbocycles. The molecular formula is C48H34N4Si. The molecule has 10 aromatic rings. The maximum absolute atomic E-state index is 5.33. The van der Waals surface area contributed by atoms with E-state index in [2.05, 4.69) is 186 Å². The zero-order chi connectivity index (χ0) is 35.3. The molecule has 0 fully saturated rings. The fraction of sp³-hybridized carbons (Fsp3) is 0.0417. The second-order valence-electron chi connectivity index (χ2n) is 14.6. The maximum atomic E-state index is 5.33. The quantitative estimate of drug-likeness (QED) is 0.172. The molecule has 0 spiro atoms. The molecule has 4 heterocycles. The van der Waals surface area contributed by atoms with Crippen LogP contribution in [0.4, 0.5) is 0 Å². The van der Waals surface area contributed by atoms with E-state index < -0.39 is 8.07 Å². The lowest BCUT2D eigenvalue weighted by Gasteiger charge is -2.19. The van der Waals surface area contributed by atoms with Crippen molar-refractivity contribution in [2.24, 2.45) is 0 Å². The van der Waals surface area contributed by atoms with Crippen LogP contribution in [0.3, 0.4) is 0 Å². The van der Waals surface area contributed by atoms with Gasteiger partial charge in [-0.1, -0.05) is 134 Å². The molecule has 7 aromatic carbocycles. The Morgan fingerprint density at radius 2 is 0.962 bits per heavy atom. The van der Waals surface area contributed by atoms with Crippen LogP contribution >= 0.6 is 0 Å². The topological polar surface area (TPSA) is 35.6 Å². The van der Waals surface area contributed by atoms with Crippen molar-refractivity contribution in [3.05, 3.63) is 170 Å². The summed E-state index contributed by atoms with van der Waals surface area (Å²) in [5.41, 5.74) is 12.7. The Balaban J connectivity index is 1.14. The lowest BCUT2D eigenvalue weighted by Crippen LogP contribution is -2.50. The fourth-order valence-corrected chi connectivity index (χ4v) is 11.8. The molecule has 1 aliphatic heterocycles. The van der Waals surface area contributed by atoms with Crippen molar-refractivity contribution in [3.63, 3.8) is 0 Å². The summed E-state index contributed by atoms with van der Waals surface area (Å²) in [6, 6.07) is 61.2. The molecule has 0 aliphatic carbocycles. The standard InChI is InChI=1S/C48H34N4Si/c1-53(2)42-24-14-11-21-37(42)45-46(49-47(50-48(45)53)32-15-5-3-6-16-32)31-25-27-34(28-26-31)52-39-23-13-10-20-36(39)44-41(52)30-29-40-43(44)35-19-9-12-22-38(35)51(40)33-17-7-4-8-18-33/h3-30H,1-2H3. The molecule has 5 heteroatoms. The van der Waals surface area contributed by atoms with Gasteiger partial charge in [-0.15, -0.1) is 0 Å². The van der Waals surface area contributed by atoms with Gasteiger partial charge < -0.3 is 9.13 Å². The molecule has 0 saturated heterocycles. The van der Waals surface area contributed by atoms with Crippen molar-refractivity contribution >= 4 is 62.2 Å². The summed E-state index contributed by atoms with van der Waals surface area (Å²) in [7, 11) is -2.04. The predicted molar refractivity (Wildman–Crippen MR) is 224 cm³/mol. The van der Waals surface area contributed by atoms with Crippen LogP contribution in [0.2, 0.25) is 13.1 Å². The zero-order valence-electron chi connectivity index (χ0n) is 29.5. The van der Waals surface area contributed by atoms with E-state index >= 15 is 0 Å². The van der Waals surface area contributed by atoms with Crippen LogP contribution in [0.25, 0.3) is 88.8 Å². The second kappa shape index (κ2) is 11.2. The van der Waals surface area contributed by atoms with Gasteiger partial charge in [-0.05, 0) is 59.3 Å². The summed E-state index contributed by atoms with van der Waals surface area (Å²) in [6.45, 7) is 4.84.